The number of nitriles is 1. The molecule has 2 atom stereocenters. The molecule has 0 fully saturated rings. The van der Waals surface area contributed by atoms with Gasteiger partial charge in [0.2, 0.25) is 0 Å². The van der Waals surface area contributed by atoms with Gasteiger partial charge in [-0.25, -0.2) is 4.21 Å². The van der Waals surface area contributed by atoms with Crippen molar-refractivity contribution in [3.05, 3.63) is 35.4 Å². The first kappa shape index (κ1) is 10.9. The smallest absolute Gasteiger partial charge is 0.160 e. The molecule has 3 nitrogen and oxygen atoms in total. The molecule has 0 saturated carbocycles. The van der Waals surface area contributed by atoms with Crippen molar-refractivity contribution in [2.75, 3.05) is 0 Å². The molecule has 1 rings (SSSR count). The monoisotopic (exact) mass is 209 g/mol. The highest BCUT2D eigenvalue weighted by Crippen LogP contribution is 2.25. The summed E-state index contributed by atoms with van der Waals surface area (Å²) >= 11 is -1.92. The topological polar surface area (TPSA) is 61.1 Å². The van der Waals surface area contributed by atoms with Crippen molar-refractivity contribution in [3.8, 4) is 6.07 Å². The molecule has 0 saturated heterocycles. The molecule has 0 bridgehead atoms. The molecule has 0 heterocycles. The van der Waals surface area contributed by atoms with Crippen LogP contribution in [0.2, 0.25) is 0 Å². The summed E-state index contributed by atoms with van der Waals surface area (Å²) < 4.78 is 20.0. The first-order valence-electron chi connectivity index (χ1n) is 4.29. The predicted octanol–water partition coefficient (Wildman–Crippen LogP) is 2.23. The summed E-state index contributed by atoms with van der Waals surface area (Å²) in [7, 11) is 0. The predicted molar refractivity (Wildman–Crippen MR) is 55.0 cm³/mol. The fraction of sp³-hybridized carbons (Fsp3) is 0.300. The third-order valence-electron chi connectivity index (χ3n) is 2.04. The molecule has 0 spiro atoms. The Morgan fingerprint density at radius 2 is 2.21 bits per heavy atom. The van der Waals surface area contributed by atoms with E-state index in [2.05, 4.69) is 0 Å². The molecular weight excluding hydrogens is 198 g/mol. The van der Waals surface area contributed by atoms with Gasteiger partial charge < -0.3 is 4.55 Å². The second-order valence-corrected chi connectivity index (χ2v) is 3.99. The average Bonchev–Trinajstić information content (AvgIpc) is 2.19. The number of hydrogen-bond acceptors (Lipinski definition) is 2. The highest BCUT2D eigenvalue weighted by molar-refractivity contribution is 7.79. The Morgan fingerprint density at radius 3 is 2.71 bits per heavy atom. The Morgan fingerprint density at radius 1 is 1.57 bits per heavy atom. The second-order valence-electron chi connectivity index (χ2n) is 2.87. The van der Waals surface area contributed by atoms with E-state index < -0.39 is 16.3 Å². The summed E-state index contributed by atoms with van der Waals surface area (Å²) in [6.07, 6.45) is 0.543. The van der Waals surface area contributed by atoms with Crippen LogP contribution in [0.25, 0.3) is 0 Å². The van der Waals surface area contributed by atoms with Gasteiger partial charge in [0.05, 0.1) is 16.9 Å². The lowest BCUT2D eigenvalue weighted by Crippen LogP contribution is -2.06. The number of rotatable bonds is 3. The van der Waals surface area contributed by atoms with Gasteiger partial charge in [0.25, 0.3) is 0 Å². The van der Waals surface area contributed by atoms with Crippen LogP contribution in [-0.4, -0.2) is 8.76 Å². The molecule has 0 aromatic heterocycles. The minimum Gasteiger partial charge on any atom is -0.306 e. The Hall–Kier alpha value is -1.18. The van der Waals surface area contributed by atoms with E-state index in [1.165, 1.54) is 0 Å². The van der Waals surface area contributed by atoms with Crippen molar-refractivity contribution in [1.82, 2.24) is 0 Å². The van der Waals surface area contributed by atoms with Gasteiger partial charge in [-0.2, -0.15) is 5.26 Å². The van der Waals surface area contributed by atoms with Crippen LogP contribution < -0.4 is 0 Å². The Kier molecular flexibility index (Phi) is 3.81. The molecule has 0 aliphatic rings. The molecule has 74 valence electrons. The van der Waals surface area contributed by atoms with Crippen LogP contribution in [-0.2, 0) is 11.1 Å². The Balaban J connectivity index is 3.17. The Bertz CT molecular complexity index is 384. The lowest BCUT2D eigenvalue weighted by atomic mass is 10.0. The van der Waals surface area contributed by atoms with E-state index in [1.807, 2.05) is 13.0 Å². The van der Waals surface area contributed by atoms with Crippen LogP contribution in [0.4, 0.5) is 0 Å². The van der Waals surface area contributed by atoms with Gasteiger partial charge >= 0.3 is 0 Å². The third-order valence-corrected chi connectivity index (χ3v) is 3.12. The molecule has 0 radical (unpaired) electrons. The summed E-state index contributed by atoms with van der Waals surface area (Å²) in [4.78, 5) is 0. The van der Waals surface area contributed by atoms with E-state index in [0.717, 1.165) is 0 Å². The van der Waals surface area contributed by atoms with Crippen LogP contribution in [0, 0.1) is 11.3 Å². The standard InChI is InChI=1S/C10H11NO2S/c1-2-10(14(12)13)9-6-4-3-5-8(9)7-11/h3-6,10H,2H2,1H3,(H,12,13). The molecule has 14 heavy (non-hydrogen) atoms. The molecular formula is C10H11NO2S. The van der Waals surface area contributed by atoms with E-state index in [-0.39, 0.29) is 0 Å². The zero-order chi connectivity index (χ0) is 10.6. The maximum atomic E-state index is 11.0. The van der Waals surface area contributed by atoms with E-state index in [9.17, 15) is 4.21 Å². The maximum absolute atomic E-state index is 11.0. The molecule has 0 amide bonds. The fourth-order valence-corrected chi connectivity index (χ4v) is 2.06. The molecule has 0 aliphatic carbocycles. The first-order chi connectivity index (χ1) is 6.70. The van der Waals surface area contributed by atoms with Gasteiger partial charge in [0, 0.05) is 0 Å². The summed E-state index contributed by atoms with van der Waals surface area (Å²) in [5.74, 6) is 0. The lowest BCUT2D eigenvalue weighted by molar-refractivity contribution is 0.547. The van der Waals surface area contributed by atoms with Gasteiger partial charge in [-0.1, -0.05) is 25.1 Å². The third kappa shape index (κ3) is 2.19. The summed E-state index contributed by atoms with van der Waals surface area (Å²) in [5.41, 5.74) is 1.13. The van der Waals surface area contributed by atoms with Gasteiger partial charge in [0.1, 0.15) is 0 Å². The highest BCUT2D eigenvalue weighted by atomic mass is 32.2. The van der Waals surface area contributed by atoms with Crippen molar-refractivity contribution in [2.24, 2.45) is 0 Å². The van der Waals surface area contributed by atoms with Gasteiger partial charge in [-0.15, -0.1) is 0 Å². The van der Waals surface area contributed by atoms with Crippen LogP contribution >= 0.6 is 0 Å². The van der Waals surface area contributed by atoms with Gasteiger partial charge in [-0.05, 0) is 18.1 Å². The van der Waals surface area contributed by atoms with Crippen LogP contribution in [0.15, 0.2) is 24.3 Å². The van der Waals surface area contributed by atoms with Gasteiger partial charge in [0.15, 0.2) is 11.1 Å². The fourth-order valence-electron chi connectivity index (χ4n) is 1.35. The molecule has 2 unspecified atom stereocenters. The molecule has 1 aromatic rings. The second kappa shape index (κ2) is 4.89. The van der Waals surface area contributed by atoms with Gasteiger partial charge in [-0.3, -0.25) is 0 Å². The van der Waals surface area contributed by atoms with E-state index in [4.69, 9.17) is 9.81 Å². The first-order valence-corrected chi connectivity index (χ1v) is 5.46. The van der Waals surface area contributed by atoms with Crippen molar-refractivity contribution in [2.45, 2.75) is 18.6 Å². The minimum atomic E-state index is -1.92. The summed E-state index contributed by atoms with van der Waals surface area (Å²) in [5, 5.41) is 8.35. The number of hydrogen-bond donors (Lipinski definition) is 1. The van der Waals surface area contributed by atoms with Crippen LogP contribution in [0.5, 0.6) is 0 Å². The lowest BCUT2D eigenvalue weighted by Gasteiger charge is -2.11. The van der Waals surface area contributed by atoms with Crippen molar-refractivity contribution >= 4 is 11.1 Å². The molecule has 0 aliphatic heterocycles. The maximum Gasteiger partial charge on any atom is 0.160 e. The molecule has 1 aromatic carbocycles. The van der Waals surface area contributed by atoms with E-state index in [0.29, 0.717) is 17.5 Å². The normalized spacial score (nSPS) is 14.4. The average molecular weight is 209 g/mol. The largest absolute Gasteiger partial charge is 0.306 e. The number of nitrogens with zero attached hydrogens (tertiary/aromatic N) is 1. The SMILES string of the molecule is CCC(c1ccccc1C#N)S(=O)O. The summed E-state index contributed by atoms with van der Waals surface area (Å²) in [6, 6.07) is 8.91. The molecule has 1 N–H and O–H groups in total. The quantitative estimate of drug-likeness (QED) is 0.776. The number of benzene rings is 1. The van der Waals surface area contributed by atoms with E-state index >= 15 is 0 Å². The molecule has 4 heteroatoms. The van der Waals surface area contributed by atoms with Crippen molar-refractivity contribution in [3.63, 3.8) is 0 Å². The highest BCUT2D eigenvalue weighted by Gasteiger charge is 2.18. The Labute approximate surface area is 85.7 Å². The zero-order valence-electron chi connectivity index (χ0n) is 7.80. The van der Waals surface area contributed by atoms with Crippen LogP contribution in [0.1, 0.15) is 29.7 Å². The minimum absolute atomic E-state index is 0.467. The zero-order valence-corrected chi connectivity index (χ0v) is 8.62. The van der Waals surface area contributed by atoms with Crippen molar-refractivity contribution < 1.29 is 8.76 Å². The van der Waals surface area contributed by atoms with Crippen molar-refractivity contribution in [1.29, 1.82) is 5.26 Å². The summed E-state index contributed by atoms with van der Waals surface area (Å²) in [6.45, 7) is 1.83. The van der Waals surface area contributed by atoms with E-state index in [1.54, 1.807) is 24.3 Å². The van der Waals surface area contributed by atoms with Crippen LogP contribution in [0.3, 0.4) is 0 Å².